The summed E-state index contributed by atoms with van der Waals surface area (Å²) < 4.78 is 27.8. The van der Waals surface area contributed by atoms with E-state index in [0.29, 0.717) is 15.8 Å². The highest BCUT2D eigenvalue weighted by Crippen LogP contribution is 2.26. The Balaban J connectivity index is 2.62. The third-order valence-electron chi connectivity index (χ3n) is 2.54. The molecule has 0 aliphatic rings. The lowest BCUT2D eigenvalue weighted by Crippen LogP contribution is -2.26. The Kier molecular flexibility index (Phi) is 6.39. The highest BCUT2D eigenvalue weighted by molar-refractivity contribution is 7.89. The number of halogens is 2. The summed E-state index contributed by atoms with van der Waals surface area (Å²) >= 11 is 11.7. The van der Waals surface area contributed by atoms with Crippen LogP contribution in [0.4, 0.5) is 0 Å². The quantitative estimate of drug-likeness (QED) is 0.837. The highest BCUT2D eigenvalue weighted by Gasteiger charge is 2.16. The van der Waals surface area contributed by atoms with E-state index in [0.717, 1.165) is 12.8 Å². The van der Waals surface area contributed by atoms with E-state index < -0.39 is 10.0 Å². The Morgan fingerprint density at radius 1 is 1.32 bits per heavy atom. The van der Waals surface area contributed by atoms with E-state index in [1.807, 2.05) is 6.92 Å². The maximum atomic E-state index is 11.1. The zero-order valence-electron chi connectivity index (χ0n) is 10.6. The molecular weight excluding hydrogens is 309 g/mol. The molecule has 0 saturated heterocycles. The van der Waals surface area contributed by atoms with Gasteiger partial charge >= 0.3 is 0 Å². The summed E-state index contributed by atoms with van der Waals surface area (Å²) in [5, 5.41) is 5.91. The van der Waals surface area contributed by atoms with Crippen molar-refractivity contribution in [3.8, 4) is 5.75 Å². The first-order valence-corrected chi connectivity index (χ1v) is 8.37. The number of benzene rings is 1. The van der Waals surface area contributed by atoms with Gasteiger partial charge in [0.1, 0.15) is 5.75 Å². The van der Waals surface area contributed by atoms with Crippen molar-refractivity contribution < 1.29 is 13.2 Å². The Bertz CT molecular complexity index is 520. The van der Waals surface area contributed by atoms with Crippen LogP contribution in [-0.4, -0.2) is 20.8 Å². The van der Waals surface area contributed by atoms with Crippen molar-refractivity contribution in [1.82, 2.24) is 0 Å². The molecule has 7 heteroatoms. The predicted octanol–water partition coefficient (Wildman–Crippen LogP) is 3.08. The second kappa shape index (κ2) is 7.33. The van der Waals surface area contributed by atoms with Gasteiger partial charge in [-0.2, -0.15) is 0 Å². The molecule has 0 aliphatic heterocycles. The standard InChI is InChI=1S/C12H17Cl2NO3S/c1-2-3-9(8-19(15,16)17)7-18-10-4-5-11(13)12(14)6-10/h4-6,9H,2-3,7-8H2,1H3,(H2,15,16,17). The highest BCUT2D eigenvalue weighted by atomic mass is 35.5. The number of hydrogen-bond donors (Lipinski definition) is 1. The van der Waals surface area contributed by atoms with Gasteiger partial charge in [0.25, 0.3) is 0 Å². The van der Waals surface area contributed by atoms with Crippen LogP contribution >= 0.6 is 23.2 Å². The molecule has 2 N–H and O–H groups in total. The topological polar surface area (TPSA) is 69.4 Å². The zero-order chi connectivity index (χ0) is 14.5. The third-order valence-corrected chi connectivity index (χ3v) is 4.22. The van der Waals surface area contributed by atoms with Gasteiger partial charge in [-0.05, 0) is 18.6 Å². The predicted molar refractivity (Wildman–Crippen MR) is 78.3 cm³/mol. The monoisotopic (exact) mass is 325 g/mol. The molecule has 0 saturated carbocycles. The van der Waals surface area contributed by atoms with E-state index in [1.165, 1.54) is 0 Å². The van der Waals surface area contributed by atoms with Gasteiger partial charge in [0.15, 0.2) is 0 Å². The van der Waals surface area contributed by atoms with Crippen LogP contribution in [0.2, 0.25) is 10.0 Å². The second-order valence-corrected chi connectivity index (χ2v) is 6.84. The summed E-state index contributed by atoms with van der Waals surface area (Å²) in [7, 11) is -3.49. The Hall–Kier alpha value is -0.490. The molecular formula is C12H17Cl2NO3S. The first-order valence-electron chi connectivity index (χ1n) is 5.90. The molecule has 0 heterocycles. The molecule has 1 aromatic rings. The van der Waals surface area contributed by atoms with Gasteiger partial charge in [0.05, 0.1) is 22.4 Å². The fraction of sp³-hybridized carbons (Fsp3) is 0.500. The summed E-state index contributed by atoms with van der Waals surface area (Å²) in [5.74, 6) is 0.349. The summed E-state index contributed by atoms with van der Waals surface area (Å²) in [4.78, 5) is 0. The van der Waals surface area contributed by atoms with Crippen LogP contribution in [0.1, 0.15) is 19.8 Å². The van der Waals surface area contributed by atoms with Gasteiger partial charge in [0.2, 0.25) is 10.0 Å². The van der Waals surface area contributed by atoms with Crippen LogP contribution in [0.3, 0.4) is 0 Å². The minimum absolute atomic E-state index is 0.0812. The first-order chi connectivity index (χ1) is 8.81. The lowest BCUT2D eigenvalue weighted by Gasteiger charge is -2.16. The lowest BCUT2D eigenvalue weighted by molar-refractivity contribution is 0.252. The molecule has 19 heavy (non-hydrogen) atoms. The average molecular weight is 326 g/mol. The van der Waals surface area contributed by atoms with Crippen LogP contribution in [0.5, 0.6) is 5.75 Å². The van der Waals surface area contributed by atoms with Gasteiger partial charge in [-0.3, -0.25) is 0 Å². The van der Waals surface area contributed by atoms with Crippen molar-refractivity contribution in [1.29, 1.82) is 0 Å². The number of rotatable bonds is 7. The van der Waals surface area contributed by atoms with Gasteiger partial charge in [-0.15, -0.1) is 0 Å². The van der Waals surface area contributed by atoms with Crippen molar-refractivity contribution in [3.05, 3.63) is 28.2 Å². The smallest absolute Gasteiger partial charge is 0.209 e. The zero-order valence-corrected chi connectivity index (χ0v) is 12.9. The van der Waals surface area contributed by atoms with Crippen molar-refractivity contribution in [2.75, 3.05) is 12.4 Å². The van der Waals surface area contributed by atoms with Gasteiger partial charge in [-0.1, -0.05) is 36.5 Å². The molecule has 1 rings (SSSR count). The molecule has 0 aromatic heterocycles. The number of nitrogens with two attached hydrogens (primary N) is 1. The summed E-state index contributed by atoms with van der Waals surface area (Å²) in [5.41, 5.74) is 0. The molecule has 4 nitrogen and oxygen atoms in total. The van der Waals surface area contributed by atoms with Crippen LogP contribution in [0, 0.1) is 5.92 Å². The molecule has 1 unspecified atom stereocenters. The Morgan fingerprint density at radius 3 is 2.53 bits per heavy atom. The SMILES string of the molecule is CCCC(COc1ccc(Cl)c(Cl)c1)CS(N)(=O)=O. The van der Waals surface area contributed by atoms with E-state index >= 15 is 0 Å². The van der Waals surface area contributed by atoms with Crippen molar-refractivity contribution in [2.45, 2.75) is 19.8 Å². The summed E-state index contributed by atoms with van der Waals surface area (Å²) in [6.07, 6.45) is 1.60. The number of hydrogen-bond acceptors (Lipinski definition) is 3. The van der Waals surface area contributed by atoms with E-state index in [9.17, 15) is 8.42 Å². The molecule has 0 aliphatic carbocycles. The fourth-order valence-electron chi connectivity index (χ4n) is 1.73. The van der Waals surface area contributed by atoms with E-state index in [2.05, 4.69) is 0 Å². The molecule has 0 spiro atoms. The third kappa shape index (κ3) is 6.47. The molecule has 0 radical (unpaired) electrons. The number of primary sulfonamides is 1. The van der Waals surface area contributed by atoms with Crippen LogP contribution < -0.4 is 9.88 Å². The van der Waals surface area contributed by atoms with Crippen molar-refractivity contribution >= 4 is 33.2 Å². The maximum Gasteiger partial charge on any atom is 0.209 e. The number of ether oxygens (including phenoxy) is 1. The molecule has 0 fully saturated rings. The number of sulfonamides is 1. The first kappa shape index (κ1) is 16.6. The molecule has 1 atom stereocenters. The summed E-state index contributed by atoms with van der Waals surface area (Å²) in [6, 6.07) is 4.92. The van der Waals surface area contributed by atoms with E-state index in [1.54, 1.807) is 18.2 Å². The molecule has 1 aromatic carbocycles. The van der Waals surface area contributed by atoms with E-state index in [-0.39, 0.29) is 18.3 Å². The van der Waals surface area contributed by atoms with Gasteiger partial charge in [-0.25, -0.2) is 13.6 Å². The Morgan fingerprint density at radius 2 is 2.00 bits per heavy atom. The van der Waals surface area contributed by atoms with Gasteiger partial charge in [0, 0.05) is 12.0 Å². The van der Waals surface area contributed by atoms with Crippen LogP contribution in [0.15, 0.2) is 18.2 Å². The lowest BCUT2D eigenvalue weighted by atomic mass is 10.1. The minimum atomic E-state index is -3.49. The van der Waals surface area contributed by atoms with E-state index in [4.69, 9.17) is 33.1 Å². The molecule has 0 bridgehead atoms. The fourth-order valence-corrected chi connectivity index (χ4v) is 2.94. The second-order valence-electron chi connectivity index (χ2n) is 4.37. The van der Waals surface area contributed by atoms with Crippen molar-refractivity contribution in [3.63, 3.8) is 0 Å². The summed E-state index contributed by atoms with van der Waals surface area (Å²) in [6.45, 7) is 2.26. The molecule has 0 amide bonds. The normalized spacial score (nSPS) is 13.3. The molecule has 108 valence electrons. The largest absolute Gasteiger partial charge is 0.493 e. The van der Waals surface area contributed by atoms with Gasteiger partial charge < -0.3 is 4.74 Å². The minimum Gasteiger partial charge on any atom is -0.493 e. The Labute approximate surface area is 123 Å². The maximum absolute atomic E-state index is 11.1. The van der Waals surface area contributed by atoms with Crippen LogP contribution in [0.25, 0.3) is 0 Å². The van der Waals surface area contributed by atoms with Crippen molar-refractivity contribution in [2.24, 2.45) is 11.1 Å². The average Bonchev–Trinajstić information content (AvgIpc) is 2.29. The van der Waals surface area contributed by atoms with Crippen LogP contribution in [-0.2, 0) is 10.0 Å².